The number of fused-ring (bicyclic) bond motifs is 1. The summed E-state index contributed by atoms with van der Waals surface area (Å²) in [7, 11) is 0. The number of nitrogens with zero attached hydrogens (tertiary/aromatic N) is 2. The lowest BCUT2D eigenvalue weighted by Crippen LogP contribution is -2.14. The van der Waals surface area contributed by atoms with Gasteiger partial charge in [0.25, 0.3) is 0 Å². The molecule has 0 amide bonds. The first-order valence-electron chi connectivity index (χ1n) is 7.25. The van der Waals surface area contributed by atoms with Gasteiger partial charge in [0.2, 0.25) is 5.89 Å². The topological polar surface area (TPSA) is 83.4 Å². The molecular weight excluding hydrogens is 270 g/mol. The minimum Gasteiger partial charge on any atom is -0.490 e. The highest BCUT2D eigenvalue weighted by atomic mass is 16.5. The van der Waals surface area contributed by atoms with E-state index in [0.717, 1.165) is 36.3 Å². The van der Waals surface area contributed by atoms with Gasteiger partial charge in [-0.3, -0.25) is 0 Å². The van der Waals surface area contributed by atoms with Gasteiger partial charge in [-0.1, -0.05) is 18.1 Å². The van der Waals surface area contributed by atoms with Crippen molar-refractivity contribution in [3.63, 3.8) is 0 Å². The van der Waals surface area contributed by atoms with E-state index in [4.69, 9.17) is 19.7 Å². The molecular formula is C15H19N3O3. The first-order valence-corrected chi connectivity index (χ1v) is 7.25. The van der Waals surface area contributed by atoms with Crippen molar-refractivity contribution >= 4 is 0 Å². The number of ether oxygens (including phenoxy) is 2. The first-order chi connectivity index (χ1) is 10.3. The van der Waals surface area contributed by atoms with Crippen molar-refractivity contribution in [2.24, 2.45) is 5.73 Å². The Labute approximate surface area is 123 Å². The zero-order valence-corrected chi connectivity index (χ0v) is 12.0. The maximum Gasteiger partial charge on any atom is 0.226 e. The molecule has 1 aromatic carbocycles. The number of benzene rings is 1. The van der Waals surface area contributed by atoms with Crippen molar-refractivity contribution in [1.29, 1.82) is 0 Å². The van der Waals surface area contributed by atoms with Crippen LogP contribution in [0.15, 0.2) is 22.7 Å². The molecule has 1 unspecified atom stereocenters. The normalized spacial score (nSPS) is 15.5. The zero-order valence-electron chi connectivity index (χ0n) is 12.0. The summed E-state index contributed by atoms with van der Waals surface area (Å²) in [6, 6.07) is 5.24. The minimum absolute atomic E-state index is 0.434. The Morgan fingerprint density at radius 1 is 1.24 bits per heavy atom. The summed E-state index contributed by atoms with van der Waals surface area (Å²) in [5.74, 6) is 2.59. The monoisotopic (exact) mass is 289 g/mol. The van der Waals surface area contributed by atoms with E-state index in [0.29, 0.717) is 24.9 Å². The number of hydrogen-bond donors (Lipinski definition) is 1. The third-order valence-corrected chi connectivity index (χ3v) is 3.36. The standard InChI is InChI=1S/C15H19N3O3/c1-2-4-13-17-15(18-21-13)14(16)10-5-6-11-12(9-10)20-8-3-7-19-11/h5-6,9,14H,2-4,7-8,16H2,1H3. The van der Waals surface area contributed by atoms with Crippen LogP contribution in [0, 0.1) is 0 Å². The van der Waals surface area contributed by atoms with Crippen molar-refractivity contribution in [2.75, 3.05) is 13.2 Å². The summed E-state index contributed by atoms with van der Waals surface area (Å²) in [5.41, 5.74) is 7.09. The summed E-state index contributed by atoms with van der Waals surface area (Å²) in [5, 5.41) is 3.96. The molecule has 1 atom stereocenters. The van der Waals surface area contributed by atoms with Gasteiger partial charge < -0.3 is 19.7 Å². The molecule has 6 nitrogen and oxygen atoms in total. The highest BCUT2D eigenvalue weighted by molar-refractivity contribution is 5.45. The van der Waals surface area contributed by atoms with E-state index in [1.807, 2.05) is 18.2 Å². The van der Waals surface area contributed by atoms with Gasteiger partial charge in [-0.15, -0.1) is 0 Å². The number of rotatable bonds is 4. The average Bonchev–Trinajstić information content (AvgIpc) is 2.83. The van der Waals surface area contributed by atoms with Gasteiger partial charge in [-0.25, -0.2) is 0 Å². The molecule has 1 aliphatic rings. The third-order valence-electron chi connectivity index (χ3n) is 3.36. The summed E-state index contributed by atoms with van der Waals surface area (Å²) in [4.78, 5) is 4.33. The van der Waals surface area contributed by atoms with Gasteiger partial charge in [0, 0.05) is 12.8 Å². The van der Waals surface area contributed by atoms with Crippen LogP contribution in [0.1, 0.15) is 43.1 Å². The summed E-state index contributed by atoms with van der Waals surface area (Å²) in [6.07, 6.45) is 2.60. The van der Waals surface area contributed by atoms with Gasteiger partial charge in [0.1, 0.15) is 0 Å². The van der Waals surface area contributed by atoms with E-state index in [2.05, 4.69) is 17.1 Å². The zero-order chi connectivity index (χ0) is 14.7. The van der Waals surface area contributed by atoms with E-state index in [1.165, 1.54) is 0 Å². The van der Waals surface area contributed by atoms with Crippen molar-refractivity contribution in [3.05, 3.63) is 35.5 Å². The Hall–Kier alpha value is -2.08. The Morgan fingerprint density at radius 3 is 2.86 bits per heavy atom. The van der Waals surface area contributed by atoms with Crippen molar-refractivity contribution in [2.45, 2.75) is 32.2 Å². The highest BCUT2D eigenvalue weighted by Crippen LogP contribution is 2.32. The van der Waals surface area contributed by atoms with Crippen molar-refractivity contribution < 1.29 is 14.0 Å². The molecule has 21 heavy (non-hydrogen) atoms. The molecule has 0 bridgehead atoms. The lowest BCUT2D eigenvalue weighted by molar-refractivity contribution is 0.297. The van der Waals surface area contributed by atoms with E-state index in [-0.39, 0.29) is 0 Å². The lowest BCUT2D eigenvalue weighted by Gasteiger charge is -2.12. The first kappa shape index (κ1) is 13.9. The molecule has 0 saturated heterocycles. The van der Waals surface area contributed by atoms with Gasteiger partial charge in [0.15, 0.2) is 17.3 Å². The van der Waals surface area contributed by atoms with E-state index < -0.39 is 6.04 Å². The highest BCUT2D eigenvalue weighted by Gasteiger charge is 2.19. The second-order valence-corrected chi connectivity index (χ2v) is 5.03. The molecule has 2 N–H and O–H groups in total. The van der Waals surface area contributed by atoms with Crippen molar-refractivity contribution in [3.8, 4) is 11.5 Å². The van der Waals surface area contributed by atoms with Gasteiger partial charge in [0.05, 0.1) is 19.3 Å². The molecule has 1 aromatic heterocycles. The maximum absolute atomic E-state index is 6.22. The van der Waals surface area contributed by atoms with Crippen LogP contribution in [0.25, 0.3) is 0 Å². The molecule has 0 fully saturated rings. The number of aromatic nitrogens is 2. The smallest absolute Gasteiger partial charge is 0.226 e. The van der Waals surface area contributed by atoms with Crippen LogP contribution in [0.2, 0.25) is 0 Å². The Balaban J connectivity index is 1.83. The van der Waals surface area contributed by atoms with Crippen LogP contribution in [0.4, 0.5) is 0 Å². The Kier molecular flexibility index (Phi) is 4.06. The lowest BCUT2D eigenvalue weighted by atomic mass is 10.1. The Bertz CT molecular complexity index is 612. The molecule has 2 aromatic rings. The molecule has 0 spiro atoms. The second kappa shape index (κ2) is 6.13. The van der Waals surface area contributed by atoms with Crippen molar-refractivity contribution in [1.82, 2.24) is 10.1 Å². The third kappa shape index (κ3) is 3.00. The molecule has 6 heteroatoms. The quantitative estimate of drug-likeness (QED) is 0.929. The van der Waals surface area contributed by atoms with Crippen LogP contribution >= 0.6 is 0 Å². The second-order valence-electron chi connectivity index (χ2n) is 5.03. The molecule has 112 valence electrons. The van der Waals surface area contributed by atoms with Crippen LogP contribution in [-0.4, -0.2) is 23.4 Å². The van der Waals surface area contributed by atoms with E-state index in [9.17, 15) is 0 Å². The summed E-state index contributed by atoms with van der Waals surface area (Å²) < 4.78 is 16.5. The van der Waals surface area contributed by atoms with E-state index in [1.54, 1.807) is 0 Å². The molecule has 2 heterocycles. The van der Waals surface area contributed by atoms with Crippen LogP contribution < -0.4 is 15.2 Å². The fourth-order valence-corrected chi connectivity index (χ4v) is 2.23. The molecule has 0 saturated carbocycles. The van der Waals surface area contributed by atoms with Crippen LogP contribution in [-0.2, 0) is 6.42 Å². The van der Waals surface area contributed by atoms with Gasteiger partial charge >= 0.3 is 0 Å². The fraction of sp³-hybridized carbons (Fsp3) is 0.467. The number of nitrogens with two attached hydrogens (primary N) is 1. The predicted molar refractivity (Wildman–Crippen MR) is 76.4 cm³/mol. The van der Waals surface area contributed by atoms with Gasteiger partial charge in [-0.2, -0.15) is 4.98 Å². The predicted octanol–water partition coefficient (Wildman–Crippen LogP) is 2.23. The maximum atomic E-state index is 6.22. The summed E-state index contributed by atoms with van der Waals surface area (Å²) >= 11 is 0. The molecule has 0 radical (unpaired) electrons. The number of hydrogen-bond acceptors (Lipinski definition) is 6. The van der Waals surface area contributed by atoms with Crippen LogP contribution in [0.3, 0.4) is 0 Å². The average molecular weight is 289 g/mol. The molecule has 0 aliphatic carbocycles. The van der Waals surface area contributed by atoms with Crippen LogP contribution in [0.5, 0.6) is 11.5 Å². The minimum atomic E-state index is -0.434. The molecule has 1 aliphatic heterocycles. The number of aryl methyl sites for hydroxylation is 1. The van der Waals surface area contributed by atoms with E-state index >= 15 is 0 Å². The largest absolute Gasteiger partial charge is 0.490 e. The SMILES string of the molecule is CCCc1nc(C(N)c2ccc3c(c2)OCCCO3)no1. The van der Waals surface area contributed by atoms with Gasteiger partial charge in [-0.05, 0) is 24.1 Å². The fourth-order valence-electron chi connectivity index (χ4n) is 2.23. The Morgan fingerprint density at radius 2 is 2.05 bits per heavy atom. The molecule has 3 rings (SSSR count). The summed E-state index contributed by atoms with van der Waals surface area (Å²) in [6.45, 7) is 3.38.